The highest BCUT2D eigenvalue weighted by Gasteiger charge is 2.23. The second-order valence-electron chi connectivity index (χ2n) is 5.79. The SMILES string of the molecule is CCS(=O)(=O)CCNC(=NC)NC1CCN(c2ccc(Br)cc2)C1. The first kappa shape index (κ1) is 19.1. The highest BCUT2D eigenvalue weighted by Crippen LogP contribution is 2.22. The van der Waals surface area contributed by atoms with E-state index >= 15 is 0 Å². The van der Waals surface area contributed by atoms with Crippen molar-refractivity contribution in [1.29, 1.82) is 0 Å². The van der Waals surface area contributed by atoms with Crippen LogP contribution in [0.4, 0.5) is 5.69 Å². The summed E-state index contributed by atoms with van der Waals surface area (Å²) in [6, 6.07) is 8.60. The summed E-state index contributed by atoms with van der Waals surface area (Å²) in [5.74, 6) is 0.953. The molecule has 1 heterocycles. The summed E-state index contributed by atoms with van der Waals surface area (Å²) in [7, 11) is -1.26. The molecule has 1 aromatic rings. The van der Waals surface area contributed by atoms with Gasteiger partial charge in [0.05, 0.1) is 5.75 Å². The Morgan fingerprint density at radius 3 is 2.71 bits per heavy atom. The molecule has 1 atom stereocenters. The molecule has 0 radical (unpaired) electrons. The molecule has 1 fully saturated rings. The molecule has 1 saturated heterocycles. The molecule has 0 aromatic heterocycles. The van der Waals surface area contributed by atoms with Gasteiger partial charge in [-0.2, -0.15) is 0 Å². The van der Waals surface area contributed by atoms with E-state index in [9.17, 15) is 8.42 Å². The van der Waals surface area contributed by atoms with Crippen LogP contribution in [0.3, 0.4) is 0 Å². The minimum atomic E-state index is -2.96. The number of rotatable bonds is 6. The van der Waals surface area contributed by atoms with E-state index in [1.807, 2.05) is 12.1 Å². The van der Waals surface area contributed by atoms with Crippen LogP contribution in [-0.4, -0.2) is 58.6 Å². The topological polar surface area (TPSA) is 73.8 Å². The Balaban J connectivity index is 1.81. The molecule has 2 N–H and O–H groups in total. The van der Waals surface area contributed by atoms with Crippen molar-refractivity contribution in [2.24, 2.45) is 4.99 Å². The maximum atomic E-state index is 11.5. The summed E-state index contributed by atoms with van der Waals surface area (Å²) in [4.78, 5) is 6.51. The molecule has 1 aliphatic rings. The number of benzene rings is 1. The van der Waals surface area contributed by atoms with Gasteiger partial charge in [-0.15, -0.1) is 0 Å². The van der Waals surface area contributed by atoms with Crippen LogP contribution in [0.2, 0.25) is 0 Å². The minimum absolute atomic E-state index is 0.125. The first-order valence-electron chi connectivity index (χ1n) is 8.11. The molecule has 0 spiro atoms. The second-order valence-corrected chi connectivity index (χ2v) is 9.18. The number of guanidine groups is 1. The van der Waals surface area contributed by atoms with Crippen molar-refractivity contribution >= 4 is 37.4 Å². The van der Waals surface area contributed by atoms with E-state index in [2.05, 4.69) is 48.6 Å². The number of nitrogens with one attached hydrogen (secondary N) is 2. The van der Waals surface area contributed by atoms with Crippen molar-refractivity contribution in [3.05, 3.63) is 28.7 Å². The number of sulfone groups is 1. The fraction of sp³-hybridized carbons (Fsp3) is 0.562. The third kappa shape index (κ3) is 5.66. The fourth-order valence-electron chi connectivity index (χ4n) is 2.62. The zero-order valence-electron chi connectivity index (χ0n) is 14.1. The molecule has 6 nitrogen and oxygen atoms in total. The average molecular weight is 417 g/mol. The van der Waals surface area contributed by atoms with Crippen LogP contribution in [0.15, 0.2) is 33.7 Å². The molecule has 0 saturated carbocycles. The van der Waals surface area contributed by atoms with Crippen LogP contribution in [0.1, 0.15) is 13.3 Å². The van der Waals surface area contributed by atoms with E-state index in [0.717, 1.165) is 24.0 Å². The molecular weight excluding hydrogens is 392 g/mol. The number of hydrogen-bond donors (Lipinski definition) is 2. The molecule has 1 aromatic carbocycles. The van der Waals surface area contributed by atoms with E-state index in [1.54, 1.807) is 14.0 Å². The number of anilines is 1. The summed E-state index contributed by atoms with van der Waals surface area (Å²) >= 11 is 3.45. The van der Waals surface area contributed by atoms with Crippen LogP contribution in [0.25, 0.3) is 0 Å². The lowest BCUT2D eigenvalue weighted by molar-refractivity contribution is 0.595. The third-order valence-electron chi connectivity index (χ3n) is 4.09. The Labute approximate surface area is 152 Å². The molecule has 134 valence electrons. The van der Waals surface area contributed by atoms with E-state index in [-0.39, 0.29) is 11.5 Å². The molecule has 0 amide bonds. The summed E-state index contributed by atoms with van der Waals surface area (Å²) < 4.78 is 24.1. The van der Waals surface area contributed by atoms with Crippen LogP contribution >= 0.6 is 15.9 Å². The van der Waals surface area contributed by atoms with Gasteiger partial charge in [0.1, 0.15) is 0 Å². The van der Waals surface area contributed by atoms with E-state index in [0.29, 0.717) is 18.5 Å². The van der Waals surface area contributed by atoms with Gasteiger partial charge in [0.15, 0.2) is 15.8 Å². The maximum absolute atomic E-state index is 11.5. The Hall–Kier alpha value is -1.28. The highest BCUT2D eigenvalue weighted by atomic mass is 79.9. The van der Waals surface area contributed by atoms with Gasteiger partial charge in [0, 0.05) is 48.6 Å². The molecule has 1 aliphatic heterocycles. The molecular formula is C16H25BrN4O2S. The molecule has 8 heteroatoms. The zero-order valence-corrected chi connectivity index (χ0v) is 16.5. The maximum Gasteiger partial charge on any atom is 0.191 e. The number of nitrogens with zero attached hydrogens (tertiary/aromatic N) is 2. The van der Waals surface area contributed by atoms with Gasteiger partial charge >= 0.3 is 0 Å². The first-order valence-corrected chi connectivity index (χ1v) is 10.7. The molecule has 0 aliphatic carbocycles. The Morgan fingerprint density at radius 2 is 2.08 bits per heavy atom. The predicted octanol–water partition coefficient (Wildman–Crippen LogP) is 1.63. The first-order chi connectivity index (χ1) is 11.4. The van der Waals surface area contributed by atoms with Crippen LogP contribution in [-0.2, 0) is 9.84 Å². The number of hydrogen-bond acceptors (Lipinski definition) is 4. The molecule has 0 bridgehead atoms. The molecule has 1 unspecified atom stereocenters. The Kier molecular flexibility index (Phi) is 6.91. The van der Waals surface area contributed by atoms with Gasteiger partial charge in [0.2, 0.25) is 0 Å². The van der Waals surface area contributed by atoms with Gasteiger partial charge in [-0.1, -0.05) is 22.9 Å². The average Bonchev–Trinajstić information content (AvgIpc) is 3.03. The van der Waals surface area contributed by atoms with Crippen molar-refractivity contribution in [1.82, 2.24) is 10.6 Å². The highest BCUT2D eigenvalue weighted by molar-refractivity contribution is 9.10. The largest absolute Gasteiger partial charge is 0.369 e. The van der Waals surface area contributed by atoms with Crippen molar-refractivity contribution in [3.8, 4) is 0 Å². The number of halogens is 1. The van der Waals surface area contributed by atoms with Gasteiger partial charge < -0.3 is 15.5 Å². The normalized spacial score (nSPS) is 18.7. The quantitative estimate of drug-likeness (QED) is 0.544. The molecule has 2 rings (SSSR count). The van der Waals surface area contributed by atoms with Crippen LogP contribution in [0.5, 0.6) is 0 Å². The van der Waals surface area contributed by atoms with Gasteiger partial charge in [0.25, 0.3) is 0 Å². The fourth-order valence-corrected chi connectivity index (χ4v) is 3.59. The van der Waals surface area contributed by atoms with Crippen molar-refractivity contribution in [2.45, 2.75) is 19.4 Å². The Bertz CT molecular complexity index is 661. The zero-order chi connectivity index (χ0) is 17.6. The van der Waals surface area contributed by atoms with Gasteiger partial charge in [-0.3, -0.25) is 4.99 Å². The predicted molar refractivity (Wildman–Crippen MR) is 104 cm³/mol. The minimum Gasteiger partial charge on any atom is -0.369 e. The van der Waals surface area contributed by atoms with Crippen LogP contribution < -0.4 is 15.5 Å². The lowest BCUT2D eigenvalue weighted by atomic mass is 10.3. The van der Waals surface area contributed by atoms with Gasteiger partial charge in [-0.05, 0) is 30.7 Å². The summed E-state index contributed by atoms with van der Waals surface area (Å²) in [5.41, 5.74) is 1.21. The second kappa shape index (κ2) is 8.71. The Morgan fingerprint density at radius 1 is 1.38 bits per heavy atom. The van der Waals surface area contributed by atoms with Crippen LogP contribution in [0, 0.1) is 0 Å². The third-order valence-corrected chi connectivity index (χ3v) is 6.32. The summed E-state index contributed by atoms with van der Waals surface area (Å²) in [6.07, 6.45) is 1.02. The van der Waals surface area contributed by atoms with Crippen molar-refractivity contribution < 1.29 is 8.42 Å². The standard InChI is InChI=1S/C16H25BrN4O2S/c1-3-24(22,23)11-9-19-16(18-2)20-14-8-10-21(12-14)15-6-4-13(17)5-7-15/h4-7,14H,3,8-12H2,1-2H3,(H2,18,19,20). The lowest BCUT2D eigenvalue weighted by Gasteiger charge is -2.20. The smallest absolute Gasteiger partial charge is 0.191 e. The van der Waals surface area contributed by atoms with Crippen molar-refractivity contribution in [2.75, 3.05) is 43.1 Å². The summed E-state index contributed by atoms with van der Waals surface area (Å²) in [5, 5.41) is 6.46. The van der Waals surface area contributed by atoms with E-state index in [1.165, 1.54) is 5.69 Å². The number of aliphatic imine (C=N–C) groups is 1. The van der Waals surface area contributed by atoms with E-state index < -0.39 is 9.84 Å². The van der Waals surface area contributed by atoms with E-state index in [4.69, 9.17) is 0 Å². The van der Waals surface area contributed by atoms with Gasteiger partial charge in [-0.25, -0.2) is 8.42 Å². The van der Waals surface area contributed by atoms with Crippen molar-refractivity contribution in [3.63, 3.8) is 0 Å². The monoisotopic (exact) mass is 416 g/mol. The summed E-state index contributed by atoms with van der Waals surface area (Å²) in [6.45, 7) is 3.92. The molecule has 24 heavy (non-hydrogen) atoms. The lowest BCUT2D eigenvalue weighted by Crippen LogP contribution is -2.45.